The molecule has 0 bridgehead atoms. The van der Waals surface area contributed by atoms with Gasteiger partial charge in [-0.2, -0.15) is 0 Å². The highest BCUT2D eigenvalue weighted by atomic mass is 16.1. The molecule has 1 aliphatic rings. The second-order valence-corrected chi connectivity index (χ2v) is 6.11. The van der Waals surface area contributed by atoms with Gasteiger partial charge in [-0.1, -0.05) is 17.7 Å². The highest BCUT2D eigenvalue weighted by molar-refractivity contribution is 6.00. The van der Waals surface area contributed by atoms with Crippen LogP contribution in [0.25, 0.3) is 0 Å². The van der Waals surface area contributed by atoms with Crippen molar-refractivity contribution in [2.45, 2.75) is 52.5 Å². The fourth-order valence-corrected chi connectivity index (χ4v) is 3.18. The molecule has 0 aliphatic heterocycles. The lowest BCUT2D eigenvalue weighted by Crippen LogP contribution is -2.20. The van der Waals surface area contributed by atoms with Crippen molar-refractivity contribution in [2.24, 2.45) is 0 Å². The molecule has 1 aliphatic carbocycles. The zero-order valence-electron chi connectivity index (χ0n) is 13.0. The molecule has 1 atom stereocenters. The van der Waals surface area contributed by atoms with Crippen LogP contribution in [0.2, 0.25) is 0 Å². The Balaban J connectivity index is 1.94. The smallest absolute Gasteiger partial charge is 0.185 e. The lowest BCUT2D eigenvalue weighted by Gasteiger charge is -2.19. The molecule has 0 saturated carbocycles. The van der Waals surface area contributed by atoms with Crippen LogP contribution in [0.1, 0.15) is 58.7 Å². The van der Waals surface area contributed by atoms with Gasteiger partial charge in [0.15, 0.2) is 5.78 Å². The molecule has 0 spiro atoms. The summed E-state index contributed by atoms with van der Waals surface area (Å²) < 4.78 is 2.08. The minimum absolute atomic E-state index is 0.181. The molecule has 1 unspecified atom stereocenters. The van der Waals surface area contributed by atoms with Gasteiger partial charge in [-0.15, -0.1) is 0 Å². The van der Waals surface area contributed by atoms with Gasteiger partial charge in [-0.05, 0) is 58.1 Å². The molecule has 21 heavy (non-hydrogen) atoms. The van der Waals surface area contributed by atoms with E-state index in [2.05, 4.69) is 15.6 Å². The standard InChI is InChI=1S/C18H22N2O/c1-12-8-9-13(2)15(10-12)18(21)14(3)20-11-19-16-6-4-5-7-17(16)20/h8-11,14H,4-7H2,1-3H3. The van der Waals surface area contributed by atoms with E-state index in [1.54, 1.807) is 0 Å². The fourth-order valence-electron chi connectivity index (χ4n) is 3.18. The number of aromatic nitrogens is 2. The van der Waals surface area contributed by atoms with E-state index in [1.165, 1.54) is 24.2 Å². The van der Waals surface area contributed by atoms with Gasteiger partial charge in [0, 0.05) is 11.3 Å². The van der Waals surface area contributed by atoms with Gasteiger partial charge in [-0.3, -0.25) is 4.79 Å². The normalized spacial score (nSPS) is 15.6. The van der Waals surface area contributed by atoms with Crippen LogP contribution < -0.4 is 0 Å². The Bertz CT molecular complexity index is 685. The zero-order chi connectivity index (χ0) is 15.0. The monoisotopic (exact) mass is 282 g/mol. The van der Waals surface area contributed by atoms with Crippen LogP contribution in [-0.4, -0.2) is 15.3 Å². The van der Waals surface area contributed by atoms with E-state index in [-0.39, 0.29) is 11.8 Å². The highest BCUT2D eigenvalue weighted by Gasteiger charge is 2.24. The fraction of sp³-hybridized carbons (Fsp3) is 0.444. The van der Waals surface area contributed by atoms with Crippen molar-refractivity contribution in [2.75, 3.05) is 0 Å². The number of ketones is 1. The van der Waals surface area contributed by atoms with E-state index in [9.17, 15) is 4.79 Å². The van der Waals surface area contributed by atoms with Gasteiger partial charge in [0.2, 0.25) is 0 Å². The topological polar surface area (TPSA) is 34.9 Å². The van der Waals surface area contributed by atoms with Gasteiger partial charge in [0.25, 0.3) is 0 Å². The average molecular weight is 282 g/mol. The number of rotatable bonds is 3. The second-order valence-electron chi connectivity index (χ2n) is 6.11. The van der Waals surface area contributed by atoms with Gasteiger partial charge in [0.1, 0.15) is 0 Å². The average Bonchev–Trinajstić information content (AvgIpc) is 2.92. The molecule has 0 amide bonds. The third-order valence-electron chi connectivity index (χ3n) is 4.52. The minimum Gasteiger partial charge on any atom is -0.324 e. The summed E-state index contributed by atoms with van der Waals surface area (Å²) >= 11 is 0. The number of nitrogens with zero attached hydrogens (tertiary/aromatic N) is 2. The first kappa shape index (κ1) is 14.1. The van der Waals surface area contributed by atoms with Gasteiger partial charge < -0.3 is 4.57 Å². The van der Waals surface area contributed by atoms with Crippen molar-refractivity contribution in [1.29, 1.82) is 0 Å². The maximum absolute atomic E-state index is 12.9. The van der Waals surface area contributed by atoms with Crippen molar-refractivity contribution in [3.05, 3.63) is 52.6 Å². The van der Waals surface area contributed by atoms with Crippen molar-refractivity contribution in [3.8, 4) is 0 Å². The number of fused-ring (bicyclic) bond motifs is 1. The largest absolute Gasteiger partial charge is 0.324 e. The van der Waals surface area contributed by atoms with E-state index in [1.807, 2.05) is 39.2 Å². The van der Waals surface area contributed by atoms with Crippen LogP contribution in [0.5, 0.6) is 0 Å². The maximum atomic E-state index is 12.9. The maximum Gasteiger partial charge on any atom is 0.185 e. The Hall–Kier alpha value is -1.90. The summed E-state index contributed by atoms with van der Waals surface area (Å²) in [5.41, 5.74) is 5.45. The summed E-state index contributed by atoms with van der Waals surface area (Å²) in [6, 6.07) is 5.89. The molecule has 1 aromatic carbocycles. The number of imidazole rings is 1. The zero-order valence-corrected chi connectivity index (χ0v) is 13.0. The van der Waals surface area contributed by atoms with Gasteiger partial charge >= 0.3 is 0 Å². The molecule has 0 radical (unpaired) electrons. The molecular weight excluding hydrogens is 260 g/mol. The Morgan fingerprint density at radius 3 is 2.81 bits per heavy atom. The number of hydrogen-bond acceptors (Lipinski definition) is 2. The van der Waals surface area contributed by atoms with Crippen molar-refractivity contribution in [3.63, 3.8) is 0 Å². The molecule has 1 heterocycles. The summed E-state index contributed by atoms with van der Waals surface area (Å²) in [5, 5.41) is 0. The van der Waals surface area contributed by atoms with E-state index in [0.29, 0.717) is 0 Å². The summed E-state index contributed by atoms with van der Waals surface area (Å²) in [7, 11) is 0. The SMILES string of the molecule is Cc1ccc(C)c(C(=O)C(C)n2cnc3c2CCCC3)c1. The minimum atomic E-state index is -0.181. The van der Waals surface area contributed by atoms with Crippen molar-refractivity contribution >= 4 is 5.78 Å². The van der Waals surface area contributed by atoms with Gasteiger partial charge in [-0.25, -0.2) is 4.98 Å². The quantitative estimate of drug-likeness (QED) is 0.802. The predicted octanol–water partition coefficient (Wildman–Crippen LogP) is 3.82. The Morgan fingerprint density at radius 1 is 1.24 bits per heavy atom. The molecule has 110 valence electrons. The van der Waals surface area contributed by atoms with Crippen LogP contribution in [0.4, 0.5) is 0 Å². The van der Waals surface area contributed by atoms with Crippen LogP contribution in [0.15, 0.2) is 24.5 Å². The summed E-state index contributed by atoms with van der Waals surface area (Å²) in [5.74, 6) is 0.182. The lowest BCUT2D eigenvalue weighted by atomic mass is 9.97. The van der Waals surface area contributed by atoms with E-state index < -0.39 is 0 Å². The summed E-state index contributed by atoms with van der Waals surface area (Å²) in [6.45, 7) is 6.02. The first-order valence-corrected chi connectivity index (χ1v) is 7.74. The molecule has 3 nitrogen and oxygen atoms in total. The second kappa shape index (κ2) is 5.47. The van der Waals surface area contributed by atoms with E-state index in [4.69, 9.17) is 0 Å². The number of carbonyl (C=O) groups excluding carboxylic acids is 1. The van der Waals surface area contributed by atoms with E-state index in [0.717, 1.165) is 29.5 Å². The van der Waals surface area contributed by atoms with Crippen molar-refractivity contribution < 1.29 is 4.79 Å². The summed E-state index contributed by atoms with van der Waals surface area (Å²) in [4.78, 5) is 17.4. The molecule has 0 N–H and O–H groups in total. The van der Waals surface area contributed by atoms with Crippen LogP contribution in [0, 0.1) is 13.8 Å². The number of benzene rings is 1. The number of hydrogen-bond donors (Lipinski definition) is 0. The summed E-state index contributed by atoms with van der Waals surface area (Å²) in [6.07, 6.45) is 6.35. The molecular formula is C18H22N2O. The molecule has 0 saturated heterocycles. The number of carbonyl (C=O) groups is 1. The van der Waals surface area contributed by atoms with E-state index >= 15 is 0 Å². The lowest BCUT2D eigenvalue weighted by molar-refractivity contribution is 0.0932. The number of aryl methyl sites for hydroxylation is 3. The van der Waals surface area contributed by atoms with Gasteiger partial charge in [0.05, 0.1) is 18.1 Å². The third-order valence-corrected chi connectivity index (χ3v) is 4.52. The van der Waals surface area contributed by atoms with Crippen molar-refractivity contribution in [1.82, 2.24) is 9.55 Å². The Labute approximate surface area is 126 Å². The number of Topliss-reactive ketones (excluding diaryl/α,β-unsaturated/α-hetero) is 1. The first-order chi connectivity index (χ1) is 10.1. The first-order valence-electron chi connectivity index (χ1n) is 7.74. The molecule has 1 aromatic heterocycles. The molecule has 2 aromatic rings. The van der Waals surface area contributed by atoms with Crippen LogP contribution in [0.3, 0.4) is 0 Å². The van der Waals surface area contributed by atoms with Crippen LogP contribution in [-0.2, 0) is 12.8 Å². The van der Waals surface area contributed by atoms with Crippen LogP contribution >= 0.6 is 0 Å². The third kappa shape index (κ3) is 2.53. The molecule has 3 heteroatoms. The molecule has 3 rings (SSSR count). The molecule has 0 fully saturated rings. The Morgan fingerprint density at radius 2 is 2.00 bits per heavy atom. The highest BCUT2D eigenvalue weighted by Crippen LogP contribution is 2.25. The predicted molar refractivity (Wildman–Crippen MR) is 83.8 cm³/mol. The Kier molecular flexibility index (Phi) is 3.66.